The first kappa shape index (κ1) is 16.2. The number of rotatable bonds is 6. The van der Waals surface area contributed by atoms with Crippen LogP contribution in [0.4, 0.5) is 0 Å². The summed E-state index contributed by atoms with van der Waals surface area (Å²) in [5.74, 6) is 0.900. The Balaban J connectivity index is 1.55. The van der Waals surface area contributed by atoms with Crippen LogP contribution in [-0.2, 0) is 0 Å². The second kappa shape index (κ2) is 8.32. The Morgan fingerprint density at radius 3 is 2.00 bits per heavy atom. The lowest BCUT2D eigenvalue weighted by Gasteiger charge is -2.36. The van der Waals surface area contributed by atoms with E-state index in [1.54, 1.807) is 0 Å². The number of nitrogens with one attached hydrogen (secondary N) is 1. The van der Waals surface area contributed by atoms with Gasteiger partial charge in [-0.2, -0.15) is 0 Å². The molecule has 20 heavy (non-hydrogen) atoms. The van der Waals surface area contributed by atoms with Gasteiger partial charge in [0.1, 0.15) is 0 Å². The summed E-state index contributed by atoms with van der Waals surface area (Å²) in [6, 6.07) is 0.630. The van der Waals surface area contributed by atoms with E-state index < -0.39 is 0 Å². The largest absolute Gasteiger partial charge is 0.314 e. The van der Waals surface area contributed by atoms with Crippen LogP contribution in [0.15, 0.2) is 0 Å². The fraction of sp³-hybridized carbons (Fsp3) is 1.00. The Morgan fingerprint density at radius 1 is 0.900 bits per heavy atom. The average molecular weight is 282 g/mol. The molecule has 0 aromatic rings. The van der Waals surface area contributed by atoms with Crippen molar-refractivity contribution < 1.29 is 0 Å². The van der Waals surface area contributed by atoms with Crippen LogP contribution in [0.25, 0.3) is 0 Å². The van der Waals surface area contributed by atoms with Gasteiger partial charge in [0, 0.05) is 45.3 Å². The molecule has 0 bridgehead atoms. The third-order valence-corrected chi connectivity index (χ3v) is 4.85. The Hall–Kier alpha value is -0.160. The van der Waals surface area contributed by atoms with Crippen LogP contribution >= 0.6 is 0 Å². The van der Waals surface area contributed by atoms with Crippen LogP contribution in [0.1, 0.15) is 26.7 Å². The number of piperidine rings is 1. The molecule has 4 nitrogen and oxygen atoms in total. The zero-order valence-corrected chi connectivity index (χ0v) is 13.8. The molecule has 0 atom stereocenters. The summed E-state index contributed by atoms with van der Waals surface area (Å²) < 4.78 is 0. The molecule has 1 N–H and O–H groups in total. The number of likely N-dealkylation sites (N-methyl/N-ethyl adjacent to an activating group) is 1. The number of likely N-dealkylation sites (tertiary alicyclic amines) is 1. The van der Waals surface area contributed by atoms with Crippen molar-refractivity contribution >= 4 is 0 Å². The minimum atomic E-state index is 0.630. The lowest BCUT2D eigenvalue weighted by Crippen LogP contribution is -2.48. The second-order valence-corrected chi connectivity index (χ2v) is 6.99. The average Bonchev–Trinajstić information content (AvgIpc) is 2.45. The molecule has 2 aliphatic rings. The van der Waals surface area contributed by atoms with E-state index in [9.17, 15) is 0 Å². The first-order valence-electron chi connectivity index (χ1n) is 8.50. The first-order valence-corrected chi connectivity index (χ1v) is 8.50. The molecule has 0 unspecified atom stereocenters. The van der Waals surface area contributed by atoms with Gasteiger partial charge in [0.05, 0.1) is 0 Å². The van der Waals surface area contributed by atoms with Gasteiger partial charge in [-0.1, -0.05) is 13.8 Å². The highest BCUT2D eigenvalue weighted by molar-refractivity contribution is 4.76. The zero-order valence-electron chi connectivity index (χ0n) is 13.8. The molecule has 2 fully saturated rings. The van der Waals surface area contributed by atoms with Gasteiger partial charge in [-0.25, -0.2) is 0 Å². The summed E-state index contributed by atoms with van der Waals surface area (Å²) in [5.41, 5.74) is 0. The first-order chi connectivity index (χ1) is 9.63. The molecule has 0 aromatic carbocycles. The molecule has 0 radical (unpaired) electrons. The smallest absolute Gasteiger partial charge is 0.0110 e. The summed E-state index contributed by atoms with van der Waals surface area (Å²) >= 11 is 0. The molecular weight excluding hydrogens is 248 g/mol. The molecule has 0 amide bonds. The van der Waals surface area contributed by atoms with Crippen LogP contribution in [0.2, 0.25) is 0 Å². The van der Waals surface area contributed by atoms with E-state index in [4.69, 9.17) is 0 Å². The van der Waals surface area contributed by atoms with Crippen molar-refractivity contribution in [2.45, 2.75) is 32.7 Å². The summed E-state index contributed by atoms with van der Waals surface area (Å²) in [6.45, 7) is 15.8. The van der Waals surface area contributed by atoms with Crippen molar-refractivity contribution in [3.63, 3.8) is 0 Å². The molecule has 2 aliphatic heterocycles. The van der Waals surface area contributed by atoms with Gasteiger partial charge < -0.3 is 15.1 Å². The predicted molar refractivity (Wildman–Crippen MR) is 86.2 cm³/mol. The van der Waals surface area contributed by atoms with E-state index in [0.717, 1.165) is 5.92 Å². The number of hydrogen-bond donors (Lipinski definition) is 1. The lowest BCUT2D eigenvalue weighted by molar-refractivity contribution is 0.119. The van der Waals surface area contributed by atoms with E-state index in [1.807, 2.05) is 0 Å². The summed E-state index contributed by atoms with van der Waals surface area (Å²) in [6.07, 6.45) is 2.75. The summed E-state index contributed by atoms with van der Waals surface area (Å²) in [5, 5.41) is 3.59. The van der Waals surface area contributed by atoms with Gasteiger partial charge in [0.15, 0.2) is 0 Å². The fourth-order valence-corrected chi connectivity index (χ4v) is 3.17. The highest BCUT2D eigenvalue weighted by Gasteiger charge is 2.20. The molecule has 0 aromatic heterocycles. The molecule has 0 saturated carbocycles. The van der Waals surface area contributed by atoms with Crippen LogP contribution in [0.5, 0.6) is 0 Å². The maximum Gasteiger partial charge on any atom is 0.0110 e. The van der Waals surface area contributed by atoms with E-state index in [1.165, 1.54) is 71.7 Å². The van der Waals surface area contributed by atoms with E-state index in [-0.39, 0.29) is 0 Å². The fourth-order valence-electron chi connectivity index (χ4n) is 3.17. The minimum absolute atomic E-state index is 0.630. The molecule has 4 heteroatoms. The lowest BCUT2D eigenvalue weighted by atomic mass is 9.96. The Labute approximate surface area is 125 Å². The number of hydrogen-bond acceptors (Lipinski definition) is 4. The zero-order chi connectivity index (χ0) is 14.4. The normalized spacial score (nSPS) is 24.6. The molecular formula is C16H34N4. The Bertz CT molecular complexity index is 253. The maximum absolute atomic E-state index is 3.59. The van der Waals surface area contributed by atoms with Gasteiger partial charge in [-0.15, -0.1) is 0 Å². The highest BCUT2D eigenvalue weighted by atomic mass is 15.3. The van der Waals surface area contributed by atoms with Crippen LogP contribution in [-0.4, -0.2) is 86.7 Å². The quantitative estimate of drug-likeness (QED) is 0.783. The van der Waals surface area contributed by atoms with Crippen LogP contribution in [0, 0.1) is 5.92 Å². The topological polar surface area (TPSA) is 21.8 Å². The maximum atomic E-state index is 3.59. The molecule has 118 valence electrons. The summed E-state index contributed by atoms with van der Waals surface area (Å²) in [7, 11) is 2.23. The third kappa shape index (κ3) is 5.68. The molecule has 2 rings (SSSR count). The molecule has 2 saturated heterocycles. The van der Waals surface area contributed by atoms with E-state index in [0.29, 0.717) is 6.04 Å². The van der Waals surface area contributed by atoms with Gasteiger partial charge in [0.2, 0.25) is 0 Å². The van der Waals surface area contributed by atoms with Crippen molar-refractivity contribution in [2.24, 2.45) is 5.92 Å². The number of piperazine rings is 1. The second-order valence-electron chi connectivity index (χ2n) is 6.99. The van der Waals surface area contributed by atoms with Crippen molar-refractivity contribution in [3.05, 3.63) is 0 Å². The molecule has 2 heterocycles. The van der Waals surface area contributed by atoms with Crippen molar-refractivity contribution in [3.8, 4) is 0 Å². The van der Waals surface area contributed by atoms with Crippen molar-refractivity contribution in [1.82, 2.24) is 20.0 Å². The van der Waals surface area contributed by atoms with Crippen LogP contribution < -0.4 is 5.32 Å². The SMILES string of the molecule is CC(C)NCC1CCN(CCN2CCN(C)CC2)CC1. The number of nitrogens with zero attached hydrogens (tertiary/aromatic N) is 3. The van der Waals surface area contributed by atoms with Crippen molar-refractivity contribution in [1.29, 1.82) is 0 Å². The minimum Gasteiger partial charge on any atom is -0.314 e. The summed E-state index contributed by atoms with van der Waals surface area (Å²) in [4.78, 5) is 7.74. The van der Waals surface area contributed by atoms with Gasteiger partial charge in [0.25, 0.3) is 0 Å². The van der Waals surface area contributed by atoms with Gasteiger partial charge in [-0.05, 0) is 45.4 Å². The molecule has 0 aliphatic carbocycles. The third-order valence-electron chi connectivity index (χ3n) is 4.85. The molecule has 0 spiro atoms. The highest BCUT2D eigenvalue weighted by Crippen LogP contribution is 2.16. The standard InChI is InChI=1S/C16H34N4/c1-15(2)17-14-16-4-6-19(7-5-16)12-13-20-10-8-18(3)9-11-20/h15-17H,4-14H2,1-3H3. The Kier molecular flexibility index (Phi) is 6.75. The van der Waals surface area contributed by atoms with E-state index >= 15 is 0 Å². The van der Waals surface area contributed by atoms with Gasteiger partial charge in [-0.3, -0.25) is 4.90 Å². The van der Waals surface area contributed by atoms with E-state index in [2.05, 4.69) is 40.9 Å². The Morgan fingerprint density at radius 2 is 1.45 bits per heavy atom. The van der Waals surface area contributed by atoms with Crippen molar-refractivity contribution in [2.75, 3.05) is 66.0 Å². The van der Waals surface area contributed by atoms with Crippen LogP contribution in [0.3, 0.4) is 0 Å². The monoisotopic (exact) mass is 282 g/mol. The van der Waals surface area contributed by atoms with Gasteiger partial charge >= 0.3 is 0 Å². The predicted octanol–water partition coefficient (Wildman–Crippen LogP) is 0.944.